The van der Waals surface area contributed by atoms with Gasteiger partial charge in [0, 0.05) is 4.91 Å². The molecule has 0 aromatic heterocycles. The Bertz CT molecular complexity index is 543. The number of hydrogen-bond donors (Lipinski definition) is 1. The van der Waals surface area contributed by atoms with Gasteiger partial charge in [-0.3, -0.25) is 4.79 Å². The van der Waals surface area contributed by atoms with Crippen LogP contribution in [-0.4, -0.2) is 30.3 Å². The Morgan fingerprint density at radius 1 is 1.45 bits per heavy atom. The number of ether oxygens (including phenoxy) is 1. The molecule has 1 saturated carbocycles. The third-order valence-electron chi connectivity index (χ3n) is 4.39. The van der Waals surface area contributed by atoms with Gasteiger partial charge in [0.15, 0.2) is 0 Å². The SMILES string of the molecule is COC(=O)C1CCCC1C(O)C(Cc1ccccc1)N=[N+]=[N-]. The normalized spacial score (nSPS) is 23.4. The number of nitrogens with zero attached hydrogens (tertiary/aromatic N) is 3. The number of azide groups is 1. The van der Waals surface area contributed by atoms with E-state index in [9.17, 15) is 9.90 Å². The fourth-order valence-electron chi connectivity index (χ4n) is 3.28. The quantitative estimate of drug-likeness (QED) is 0.379. The molecule has 1 aromatic rings. The molecule has 0 radical (unpaired) electrons. The van der Waals surface area contributed by atoms with Crippen LogP contribution in [-0.2, 0) is 16.0 Å². The molecular formula is C16H21N3O3. The summed E-state index contributed by atoms with van der Waals surface area (Å²) < 4.78 is 4.82. The van der Waals surface area contributed by atoms with E-state index >= 15 is 0 Å². The maximum Gasteiger partial charge on any atom is 0.309 e. The van der Waals surface area contributed by atoms with Gasteiger partial charge < -0.3 is 9.84 Å². The summed E-state index contributed by atoms with van der Waals surface area (Å²) in [5, 5.41) is 14.4. The van der Waals surface area contributed by atoms with Crippen molar-refractivity contribution in [2.45, 2.75) is 37.8 Å². The largest absolute Gasteiger partial charge is 0.469 e. The van der Waals surface area contributed by atoms with Crippen LogP contribution < -0.4 is 0 Å². The van der Waals surface area contributed by atoms with E-state index in [1.165, 1.54) is 7.11 Å². The third kappa shape index (κ3) is 3.78. The zero-order valence-electron chi connectivity index (χ0n) is 12.6. The van der Waals surface area contributed by atoms with Crippen LogP contribution in [0.1, 0.15) is 24.8 Å². The monoisotopic (exact) mass is 303 g/mol. The van der Waals surface area contributed by atoms with Gasteiger partial charge in [0.05, 0.1) is 25.2 Å². The number of carbonyl (C=O) groups excluding carboxylic acids is 1. The van der Waals surface area contributed by atoms with Crippen molar-refractivity contribution in [2.75, 3.05) is 7.11 Å². The zero-order valence-corrected chi connectivity index (χ0v) is 12.6. The van der Waals surface area contributed by atoms with Gasteiger partial charge in [0.1, 0.15) is 0 Å². The van der Waals surface area contributed by atoms with Gasteiger partial charge in [-0.25, -0.2) is 0 Å². The molecule has 4 atom stereocenters. The summed E-state index contributed by atoms with van der Waals surface area (Å²) in [7, 11) is 1.36. The molecule has 1 aliphatic carbocycles. The average molecular weight is 303 g/mol. The molecule has 6 heteroatoms. The molecule has 0 amide bonds. The van der Waals surface area contributed by atoms with Gasteiger partial charge in [-0.15, -0.1) is 0 Å². The Kier molecular flexibility index (Phi) is 5.81. The van der Waals surface area contributed by atoms with E-state index in [2.05, 4.69) is 10.0 Å². The molecular weight excluding hydrogens is 282 g/mol. The Hall–Kier alpha value is -2.04. The summed E-state index contributed by atoms with van der Waals surface area (Å²) in [5.74, 6) is -0.820. The summed E-state index contributed by atoms with van der Waals surface area (Å²) in [6, 6.07) is 9.00. The van der Waals surface area contributed by atoms with Gasteiger partial charge in [-0.1, -0.05) is 41.9 Å². The lowest BCUT2D eigenvalue weighted by atomic mass is 9.85. The van der Waals surface area contributed by atoms with Crippen molar-refractivity contribution in [2.24, 2.45) is 17.0 Å². The molecule has 1 N–H and O–H groups in total. The Morgan fingerprint density at radius 2 is 2.18 bits per heavy atom. The lowest BCUT2D eigenvalue weighted by molar-refractivity contribution is -0.148. The number of aliphatic hydroxyl groups excluding tert-OH is 1. The van der Waals surface area contributed by atoms with Crippen LogP contribution in [0.2, 0.25) is 0 Å². The zero-order chi connectivity index (χ0) is 15.9. The van der Waals surface area contributed by atoms with Crippen molar-refractivity contribution < 1.29 is 14.6 Å². The Morgan fingerprint density at radius 3 is 2.82 bits per heavy atom. The maximum atomic E-state index is 11.8. The first-order chi connectivity index (χ1) is 10.7. The van der Waals surface area contributed by atoms with Crippen LogP contribution in [0.5, 0.6) is 0 Å². The van der Waals surface area contributed by atoms with E-state index in [0.29, 0.717) is 12.8 Å². The molecule has 1 fully saturated rings. The van der Waals surface area contributed by atoms with Crippen molar-refractivity contribution in [1.82, 2.24) is 0 Å². The second kappa shape index (κ2) is 7.82. The molecule has 6 nitrogen and oxygen atoms in total. The highest BCUT2D eigenvalue weighted by molar-refractivity contribution is 5.73. The van der Waals surface area contributed by atoms with Crippen LogP contribution in [0.4, 0.5) is 0 Å². The summed E-state index contributed by atoms with van der Waals surface area (Å²) in [5.41, 5.74) is 9.78. The predicted octanol–water partition coefficient (Wildman–Crippen LogP) is 2.86. The van der Waals surface area contributed by atoms with Crippen LogP contribution in [0.15, 0.2) is 35.4 Å². The molecule has 0 spiro atoms. The number of benzene rings is 1. The Balaban J connectivity index is 2.13. The topological polar surface area (TPSA) is 95.3 Å². The smallest absolute Gasteiger partial charge is 0.309 e. The molecule has 2 rings (SSSR count). The summed E-state index contributed by atoms with van der Waals surface area (Å²) in [4.78, 5) is 14.7. The van der Waals surface area contributed by atoms with E-state index in [0.717, 1.165) is 18.4 Å². The van der Waals surface area contributed by atoms with Crippen LogP contribution >= 0.6 is 0 Å². The number of methoxy groups -OCH3 is 1. The van der Waals surface area contributed by atoms with Gasteiger partial charge in [0.25, 0.3) is 0 Å². The predicted molar refractivity (Wildman–Crippen MR) is 81.9 cm³/mol. The molecule has 1 aliphatic rings. The molecule has 1 aromatic carbocycles. The average Bonchev–Trinajstić information content (AvgIpc) is 3.03. The van der Waals surface area contributed by atoms with Crippen LogP contribution in [0.3, 0.4) is 0 Å². The lowest BCUT2D eigenvalue weighted by Crippen LogP contribution is -2.38. The highest BCUT2D eigenvalue weighted by Gasteiger charge is 2.40. The number of rotatable bonds is 6. The highest BCUT2D eigenvalue weighted by atomic mass is 16.5. The number of esters is 1. The summed E-state index contributed by atoms with van der Waals surface area (Å²) >= 11 is 0. The minimum Gasteiger partial charge on any atom is -0.469 e. The lowest BCUT2D eigenvalue weighted by Gasteiger charge is -2.27. The number of carbonyl (C=O) groups is 1. The van der Waals surface area contributed by atoms with Crippen LogP contribution in [0, 0.1) is 11.8 Å². The van der Waals surface area contributed by atoms with Crippen molar-refractivity contribution >= 4 is 5.97 Å². The van der Waals surface area contributed by atoms with E-state index < -0.39 is 12.1 Å². The van der Waals surface area contributed by atoms with Gasteiger partial charge in [0.2, 0.25) is 0 Å². The minimum atomic E-state index is -0.845. The van der Waals surface area contributed by atoms with Crippen molar-refractivity contribution in [3.05, 3.63) is 46.3 Å². The fourth-order valence-corrected chi connectivity index (χ4v) is 3.28. The van der Waals surface area contributed by atoms with Crippen molar-refractivity contribution in [3.63, 3.8) is 0 Å². The van der Waals surface area contributed by atoms with E-state index in [-0.39, 0.29) is 17.8 Å². The first kappa shape index (κ1) is 16.3. The summed E-state index contributed by atoms with van der Waals surface area (Å²) in [6.45, 7) is 0. The summed E-state index contributed by atoms with van der Waals surface area (Å²) in [6.07, 6.45) is 1.94. The standard InChI is InChI=1S/C16H21N3O3/c1-22-16(21)13-9-5-8-12(13)15(20)14(18-19-17)10-11-6-3-2-4-7-11/h2-4,6-7,12-15,20H,5,8-10H2,1H3. The first-order valence-corrected chi connectivity index (χ1v) is 7.51. The minimum absolute atomic E-state index is 0.216. The molecule has 0 aliphatic heterocycles. The molecule has 0 heterocycles. The first-order valence-electron chi connectivity index (χ1n) is 7.51. The molecule has 4 unspecified atom stereocenters. The number of hydrogen-bond acceptors (Lipinski definition) is 4. The van der Waals surface area contributed by atoms with E-state index in [1.54, 1.807) is 0 Å². The third-order valence-corrected chi connectivity index (χ3v) is 4.39. The van der Waals surface area contributed by atoms with Gasteiger partial charge in [-0.2, -0.15) is 0 Å². The fraction of sp³-hybridized carbons (Fsp3) is 0.562. The van der Waals surface area contributed by atoms with Gasteiger partial charge >= 0.3 is 5.97 Å². The number of aliphatic hydroxyl groups is 1. The van der Waals surface area contributed by atoms with Crippen molar-refractivity contribution in [1.29, 1.82) is 0 Å². The highest BCUT2D eigenvalue weighted by Crippen LogP contribution is 2.37. The van der Waals surface area contributed by atoms with E-state index in [1.807, 2.05) is 30.3 Å². The molecule has 0 saturated heterocycles. The Labute approximate surface area is 129 Å². The maximum absolute atomic E-state index is 11.8. The van der Waals surface area contributed by atoms with Gasteiger partial charge in [-0.05, 0) is 36.3 Å². The molecule has 0 bridgehead atoms. The van der Waals surface area contributed by atoms with E-state index in [4.69, 9.17) is 10.3 Å². The van der Waals surface area contributed by atoms with Crippen LogP contribution in [0.25, 0.3) is 10.4 Å². The molecule has 118 valence electrons. The molecule has 22 heavy (non-hydrogen) atoms. The second-order valence-electron chi connectivity index (χ2n) is 5.68. The second-order valence-corrected chi connectivity index (χ2v) is 5.68. The van der Waals surface area contributed by atoms with Crippen molar-refractivity contribution in [3.8, 4) is 0 Å².